The second-order valence-electron chi connectivity index (χ2n) is 30.6. The maximum absolute atomic E-state index is 11.4. The number of carboxylic acids is 2. The van der Waals surface area contributed by atoms with Crippen molar-refractivity contribution in [3.63, 3.8) is 0 Å². The summed E-state index contributed by atoms with van der Waals surface area (Å²) in [6.45, 7) is 13.3. The molecule has 0 bridgehead atoms. The summed E-state index contributed by atoms with van der Waals surface area (Å²) >= 11 is 0. The Morgan fingerprint density at radius 3 is 0.852 bits per heavy atom. The zero-order valence-electron chi connectivity index (χ0n) is 69.6. The Hall–Kier alpha value is -5.50. The van der Waals surface area contributed by atoms with Crippen molar-refractivity contribution in [3.05, 3.63) is 130 Å². The second-order valence-corrected chi connectivity index (χ2v) is 30.6. The third-order valence-electron chi connectivity index (χ3n) is 21.1. The molecule has 10 nitrogen and oxygen atoms in total. The number of unbranched alkanes of at least 4 members (excludes halogenated alkanes) is 46. The molecule has 0 aliphatic rings. The number of phenols is 2. The van der Waals surface area contributed by atoms with Crippen LogP contribution in [-0.4, -0.2) is 43.8 Å². The van der Waals surface area contributed by atoms with Crippen molar-refractivity contribution in [1.29, 1.82) is 0 Å². The largest absolute Gasteiger partial charge is 2.00 e. The predicted octanol–water partition coefficient (Wildman–Crippen LogP) is 29.7. The van der Waals surface area contributed by atoms with Gasteiger partial charge in [0.2, 0.25) is 0 Å². The Bertz CT molecular complexity index is 2870. The third kappa shape index (κ3) is 51.1. The fraction of sp³-hybridized carbons (Fsp3) is 0.670. The fourth-order valence-corrected chi connectivity index (χ4v) is 14.3. The van der Waals surface area contributed by atoms with Crippen LogP contribution in [0.1, 0.15) is 438 Å². The molecule has 612 valence electrons. The summed E-state index contributed by atoms with van der Waals surface area (Å²) in [5, 5.41) is 59.0. The average molecular weight is 1580 g/mol. The van der Waals surface area contributed by atoms with Crippen molar-refractivity contribution in [1.82, 2.24) is 0 Å². The Labute approximate surface area is 675 Å². The maximum Gasteiger partial charge on any atom is 2.00 e. The maximum atomic E-state index is 11.4. The van der Waals surface area contributed by atoms with Crippen molar-refractivity contribution in [3.8, 4) is 23.0 Å². The van der Waals surface area contributed by atoms with E-state index in [0.29, 0.717) is 24.0 Å². The van der Waals surface area contributed by atoms with Gasteiger partial charge in [-0.1, -0.05) is 396 Å². The van der Waals surface area contributed by atoms with Gasteiger partial charge in [-0.2, -0.15) is 0 Å². The Balaban J connectivity index is 0.00000143. The molecule has 0 spiro atoms. The second kappa shape index (κ2) is 71.8. The summed E-state index contributed by atoms with van der Waals surface area (Å²) in [5.74, 6) is -5.13. The Kier molecular flexibility index (Phi) is 66.8. The van der Waals surface area contributed by atoms with Crippen molar-refractivity contribution >= 4 is 34.7 Å². The van der Waals surface area contributed by atoms with Crippen molar-refractivity contribution in [2.45, 2.75) is 420 Å². The molecule has 0 fully saturated rings. The number of carbonyl (C=O) groups is 2. The van der Waals surface area contributed by atoms with E-state index in [4.69, 9.17) is 30.4 Å². The van der Waals surface area contributed by atoms with Crippen LogP contribution in [0.4, 0.5) is 11.4 Å². The van der Waals surface area contributed by atoms with E-state index in [9.17, 15) is 19.8 Å². The van der Waals surface area contributed by atoms with Crippen molar-refractivity contribution < 1.29 is 60.7 Å². The summed E-state index contributed by atoms with van der Waals surface area (Å²) in [6.07, 6.45) is 86.2. The van der Waals surface area contributed by atoms with E-state index in [1.165, 1.54) is 324 Å². The first-order valence-electron chi connectivity index (χ1n) is 44.5. The van der Waals surface area contributed by atoms with Gasteiger partial charge in [-0.25, -0.2) is 9.59 Å². The van der Waals surface area contributed by atoms with E-state index >= 15 is 0 Å². The molecule has 0 aliphatic heterocycles. The molecule has 4 aromatic rings. The van der Waals surface area contributed by atoms with Crippen molar-refractivity contribution in [2.75, 3.05) is 0 Å². The molecule has 0 saturated heterocycles. The van der Waals surface area contributed by atoms with Gasteiger partial charge in [0.15, 0.2) is 0 Å². The van der Waals surface area contributed by atoms with Gasteiger partial charge < -0.3 is 30.6 Å². The van der Waals surface area contributed by atoms with Crippen molar-refractivity contribution in [2.24, 2.45) is 9.98 Å². The van der Waals surface area contributed by atoms with Gasteiger partial charge in [0.1, 0.15) is 11.5 Å². The van der Waals surface area contributed by atoms with Crippen LogP contribution in [0.5, 0.6) is 23.0 Å². The number of phenolic OH excluding ortho intramolecular Hbond substituents is 2. The molecule has 0 heterocycles. The zero-order valence-corrected chi connectivity index (χ0v) is 71.1. The fourth-order valence-electron chi connectivity index (χ4n) is 14.3. The molecule has 0 atom stereocenters. The van der Waals surface area contributed by atoms with Gasteiger partial charge >= 0.3 is 32.4 Å². The molecule has 0 aromatic heterocycles. The van der Waals surface area contributed by atoms with Crippen LogP contribution in [0.25, 0.3) is 0 Å². The summed E-state index contributed by atoms with van der Waals surface area (Å²) in [5.41, 5.74) is 7.78. The summed E-state index contributed by atoms with van der Waals surface area (Å²) in [4.78, 5) is 32.7. The molecule has 4 rings (SSSR count). The summed E-state index contributed by atoms with van der Waals surface area (Å²) in [6, 6.07) is 23.3. The third-order valence-corrected chi connectivity index (χ3v) is 21.1. The topological polar surface area (TPSA) is 186 Å². The van der Waals surface area contributed by atoms with E-state index in [1.807, 2.05) is 13.8 Å². The first-order valence-corrected chi connectivity index (χ1v) is 44.5. The Morgan fingerprint density at radius 2 is 0.556 bits per heavy atom. The molecule has 0 radical (unpaired) electrons. The van der Waals surface area contributed by atoms with Crippen LogP contribution in [0, 0.1) is 0 Å². The standard InChI is InChI=1S/C73H126N2.2C12H16O4.Pd/c1-5-9-12-14-16-18-20-22-24-26-28-30-32-34-36-38-40-42-44-46-48-50-52-55-61-68-63-57-59-65-71(68)74-70(8-4)73(67-54-11-7-3)75-72-66-60-58-64-69(72)62-56-53-51-49-47-45-43-41-39-37-35-33-31-29-27-25-23-21-19-17-15-13-10-6-2;2*1-2-3-4-5-8-6-7-9(13)11(14)10(8)12(15)16;/h48-51,57-60,63-66H,5-47,52-56,61-62,67H2,1-4H3;2*6-7,13-14H,2-5H2,1H3,(H,15,16);/q;;;+2/p-2. The smallest absolute Gasteiger partial charge is 0.869 e. The molecule has 0 aliphatic carbocycles. The number of aromatic carboxylic acids is 2. The molecule has 4 N–H and O–H groups in total. The molecule has 0 amide bonds. The van der Waals surface area contributed by atoms with Gasteiger partial charge in [0, 0.05) is 0 Å². The number of hydrogen-bond donors (Lipinski definition) is 4. The number of hydrogen-bond acceptors (Lipinski definition) is 8. The van der Waals surface area contributed by atoms with E-state index in [0.717, 1.165) is 101 Å². The Morgan fingerprint density at radius 1 is 0.306 bits per heavy atom. The van der Waals surface area contributed by atoms with Crippen LogP contribution >= 0.6 is 0 Å². The van der Waals surface area contributed by atoms with Crippen LogP contribution in [-0.2, 0) is 46.1 Å². The number of benzene rings is 4. The minimum absolute atomic E-state index is 0. The molecule has 11 heteroatoms. The number of allylic oxidation sites excluding steroid dienone is 4. The van der Waals surface area contributed by atoms with Crippen LogP contribution in [0.3, 0.4) is 0 Å². The molecular weight excluding hydrogens is 1430 g/mol. The average Bonchev–Trinajstić information content (AvgIpc) is 0.811. The van der Waals surface area contributed by atoms with E-state index < -0.39 is 34.9 Å². The van der Waals surface area contributed by atoms with Gasteiger partial charge in [0.05, 0.1) is 33.9 Å². The number of aliphatic imine (C=N–C) groups is 2. The first kappa shape index (κ1) is 101. The van der Waals surface area contributed by atoms with Gasteiger partial charge in [-0.05, 0) is 156 Å². The molecule has 108 heavy (non-hydrogen) atoms. The number of rotatable bonds is 66. The van der Waals surface area contributed by atoms with Gasteiger partial charge in [0.25, 0.3) is 0 Å². The quantitative estimate of drug-likeness (QED) is 0.0146. The molecule has 0 saturated carbocycles. The number of aromatic hydroxyl groups is 2. The number of nitrogens with zero attached hydrogens (tertiary/aromatic N) is 2. The monoisotopic (exact) mass is 1580 g/mol. The summed E-state index contributed by atoms with van der Waals surface area (Å²) < 4.78 is 0. The van der Waals surface area contributed by atoms with Gasteiger partial charge in [-0.15, -0.1) is 0 Å². The molecule has 0 unspecified atom stereocenters. The molecular formula is C97H156N2O8Pd. The van der Waals surface area contributed by atoms with E-state index in [2.05, 4.69) is 101 Å². The van der Waals surface area contributed by atoms with Crippen LogP contribution in [0.2, 0.25) is 0 Å². The van der Waals surface area contributed by atoms with E-state index in [-0.39, 0.29) is 31.5 Å². The SMILES string of the molecule is CCCCCCCCCCCCCCCCCCCCCC=CCCCc1ccccc1N=C(CC)C(CCCCC)=Nc1ccccc1CCCC=CCCCCCCCCCCCCCCCCCCCCC.CCCCCc1ccc(O)c([O-])c1C(=O)O.CCCCCc1ccc(O)c([O-])c1C(=O)O.[Pd+2]. The minimum Gasteiger partial charge on any atom is -0.869 e. The number of aryl methyl sites for hydroxylation is 4. The van der Waals surface area contributed by atoms with Crippen LogP contribution < -0.4 is 10.2 Å². The molecule has 4 aromatic carbocycles. The van der Waals surface area contributed by atoms with Gasteiger partial charge in [-0.3, -0.25) is 9.98 Å². The zero-order chi connectivity index (χ0) is 77.7. The predicted molar refractivity (Wildman–Crippen MR) is 457 cm³/mol. The summed E-state index contributed by atoms with van der Waals surface area (Å²) in [7, 11) is 0. The van der Waals surface area contributed by atoms with Crippen LogP contribution in [0.15, 0.2) is 107 Å². The minimum atomic E-state index is -1.27. The number of para-hydroxylation sites is 2. The van der Waals surface area contributed by atoms with E-state index in [1.54, 1.807) is 0 Å². The normalized spacial score (nSPS) is 11.6. The first-order chi connectivity index (χ1) is 52.4. The number of carboxylic acid groups (broad SMARTS) is 2.